The van der Waals surface area contributed by atoms with Gasteiger partial charge >= 0.3 is 0 Å². The van der Waals surface area contributed by atoms with Gasteiger partial charge in [0.2, 0.25) is 0 Å². The van der Waals surface area contributed by atoms with Gasteiger partial charge in [-0.3, -0.25) is 4.90 Å². The summed E-state index contributed by atoms with van der Waals surface area (Å²) in [5.41, 5.74) is 3.08. The number of fused-ring (bicyclic) bond motifs is 1. The van der Waals surface area contributed by atoms with E-state index in [-0.39, 0.29) is 0 Å². The highest BCUT2D eigenvalue weighted by molar-refractivity contribution is 5.53. The molecule has 0 amide bonds. The highest BCUT2D eigenvalue weighted by Crippen LogP contribution is 2.41. The number of likely N-dealkylation sites (tertiary alicyclic amines) is 2. The van der Waals surface area contributed by atoms with E-state index in [4.69, 9.17) is 4.98 Å². The van der Waals surface area contributed by atoms with E-state index in [0.29, 0.717) is 5.41 Å². The fourth-order valence-electron chi connectivity index (χ4n) is 5.22. The first-order valence-corrected chi connectivity index (χ1v) is 10.1. The van der Waals surface area contributed by atoms with E-state index in [0.717, 1.165) is 18.3 Å². The largest absolute Gasteiger partial charge is 0.304 e. The van der Waals surface area contributed by atoms with Gasteiger partial charge in [-0.15, -0.1) is 0 Å². The Hall–Kier alpha value is -1.39. The maximum Gasteiger partial charge on any atom is 0.110 e. The zero-order valence-electron chi connectivity index (χ0n) is 15.5. The molecule has 1 unspecified atom stereocenters. The summed E-state index contributed by atoms with van der Waals surface area (Å²) < 4.78 is 2.22. The van der Waals surface area contributed by atoms with E-state index in [1.54, 1.807) is 0 Å². The zero-order valence-corrected chi connectivity index (χ0v) is 15.5. The van der Waals surface area contributed by atoms with Gasteiger partial charge in [-0.05, 0) is 75.6 Å². The Balaban J connectivity index is 1.28. The Morgan fingerprint density at radius 2 is 2.00 bits per heavy atom. The summed E-state index contributed by atoms with van der Waals surface area (Å²) in [5, 5.41) is 0. The average Bonchev–Trinajstić information content (AvgIpc) is 3.27. The fourth-order valence-corrected chi connectivity index (χ4v) is 5.22. The molecule has 4 nitrogen and oxygen atoms in total. The van der Waals surface area contributed by atoms with Crippen LogP contribution in [0.4, 0.5) is 0 Å². The predicted octanol–water partition coefficient (Wildman–Crippen LogP) is 3.34. The van der Waals surface area contributed by atoms with Crippen LogP contribution in [0, 0.1) is 18.3 Å². The summed E-state index contributed by atoms with van der Waals surface area (Å²) in [4.78, 5) is 10.3. The standard InChI is InChI=1S/C21H30N4/c1-17-22-19(20-5-2-3-11-25(17)20)14-24-12-9-21(16-24)8-4-10-23(15-21)13-18-6-7-18/h2-3,5,11,18H,4,6-10,12-16H2,1H3. The molecule has 4 heteroatoms. The molecular weight excluding hydrogens is 308 g/mol. The number of nitrogens with zero attached hydrogens (tertiary/aromatic N) is 4. The van der Waals surface area contributed by atoms with Gasteiger partial charge in [-0.25, -0.2) is 4.98 Å². The van der Waals surface area contributed by atoms with Crippen molar-refractivity contribution in [2.45, 2.75) is 45.6 Å². The molecule has 134 valence electrons. The quantitative estimate of drug-likeness (QED) is 0.854. The number of rotatable bonds is 4. The summed E-state index contributed by atoms with van der Waals surface area (Å²) >= 11 is 0. The van der Waals surface area contributed by atoms with Gasteiger partial charge in [0, 0.05) is 32.4 Å². The number of hydrogen-bond acceptors (Lipinski definition) is 3. The lowest BCUT2D eigenvalue weighted by Crippen LogP contribution is -2.45. The second-order valence-corrected chi connectivity index (χ2v) is 8.80. The van der Waals surface area contributed by atoms with Crippen molar-refractivity contribution < 1.29 is 0 Å². The minimum absolute atomic E-state index is 0.553. The maximum absolute atomic E-state index is 4.86. The highest BCUT2D eigenvalue weighted by atomic mass is 15.2. The van der Waals surface area contributed by atoms with Crippen molar-refractivity contribution in [3.63, 3.8) is 0 Å². The lowest BCUT2D eigenvalue weighted by Gasteiger charge is -2.40. The van der Waals surface area contributed by atoms with Gasteiger partial charge in [0.15, 0.2) is 0 Å². The molecule has 0 aromatic carbocycles. The Morgan fingerprint density at radius 1 is 1.12 bits per heavy atom. The topological polar surface area (TPSA) is 23.8 Å². The van der Waals surface area contributed by atoms with Crippen molar-refractivity contribution in [2.24, 2.45) is 11.3 Å². The van der Waals surface area contributed by atoms with Crippen LogP contribution in [-0.2, 0) is 6.54 Å². The second kappa shape index (κ2) is 6.10. The third-order valence-corrected chi connectivity index (χ3v) is 6.65. The molecule has 25 heavy (non-hydrogen) atoms. The van der Waals surface area contributed by atoms with E-state index < -0.39 is 0 Å². The van der Waals surface area contributed by atoms with Crippen LogP contribution in [0.5, 0.6) is 0 Å². The van der Waals surface area contributed by atoms with Gasteiger partial charge in [0.05, 0.1) is 11.2 Å². The number of pyridine rings is 1. The smallest absolute Gasteiger partial charge is 0.110 e. The first-order valence-electron chi connectivity index (χ1n) is 10.1. The van der Waals surface area contributed by atoms with Crippen LogP contribution in [0.25, 0.3) is 5.52 Å². The van der Waals surface area contributed by atoms with Crippen molar-refractivity contribution in [1.82, 2.24) is 19.2 Å². The molecule has 1 aliphatic carbocycles. The molecule has 0 N–H and O–H groups in total. The Bertz CT molecular complexity index is 762. The Morgan fingerprint density at radius 3 is 2.88 bits per heavy atom. The summed E-state index contributed by atoms with van der Waals surface area (Å²) in [7, 11) is 0. The normalized spacial score (nSPS) is 28.4. The van der Waals surface area contributed by atoms with Crippen LogP contribution in [0.3, 0.4) is 0 Å². The monoisotopic (exact) mass is 338 g/mol. The van der Waals surface area contributed by atoms with Gasteiger partial charge in [-0.2, -0.15) is 0 Å². The van der Waals surface area contributed by atoms with E-state index in [9.17, 15) is 0 Å². The number of hydrogen-bond donors (Lipinski definition) is 0. The molecule has 3 fully saturated rings. The van der Waals surface area contributed by atoms with Crippen molar-refractivity contribution in [2.75, 3.05) is 32.7 Å². The molecule has 5 rings (SSSR count). The molecule has 2 aliphatic heterocycles. The van der Waals surface area contributed by atoms with E-state index in [1.807, 2.05) is 0 Å². The van der Waals surface area contributed by atoms with Crippen molar-refractivity contribution in [3.8, 4) is 0 Å². The molecule has 2 aromatic rings. The summed E-state index contributed by atoms with van der Waals surface area (Å²) in [6, 6.07) is 6.42. The minimum Gasteiger partial charge on any atom is -0.304 e. The molecule has 0 radical (unpaired) electrons. The third-order valence-electron chi connectivity index (χ3n) is 6.65. The molecule has 2 aromatic heterocycles. The van der Waals surface area contributed by atoms with Gasteiger partial charge < -0.3 is 9.30 Å². The minimum atomic E-state index is 0.553. The SMILES string of the molecule is Cc1nc(CN2CCC3(CCCN(CC4CC4)C3)C2)c2ccccn12. The highest BCUT2D eigenvalue weighted by Gasteiger charge is 2.42. The van der Waals surface area contributed by atoms with Crippen LogP contribution in [-0.4, -0.2) is 51.9 Å². The lowest BCUT2D eigenvalue weighted by atomic mass is 9.79. The molecule has 1 atom stereocenters. The van der Waals surface area contributed by atoms with Gasteiger partial charge in [0.25, 0.3) is 0 Å². The van der Waals surface area contributed by atoms with Crippen molar-refractivity contribution >= 4 is 5.52 Å². The van der Waals surface area contributed by atoms with Crippen molar-refractivity contribution in [1.29, 1.82) is 0 Å². The van der Waals surface area contributed by atoms with E-state index in [1.165, 1.54) is 76.0 Å². The molecule has 4 heterocycles. The number of piperidine rings is 1. The second-order valence-electron chi connectivity index (χ2n) is 8.80. The van der Waals surface area contributed by atoms with Crippen LogP contribution in [0.15, 0.2) is 24.4 Å². The third kappa shape index (κ3) is 3.11. The molecule has 3 aliphatic rings. The fraction of sp³-hybridized carbons (Fsp3) is 0.667. The van der Waals surface area contributed by atoms with Crippen molar-refractivity contribution in [3.05, 3.63) is 35.9 Å². The molecular formula is C21H30N4. The Kier molecular flexibility index (Phi) is 3.86. The molecule has 0 bridgehead atoms. The molecule has 2 saturated heterocycles. The number of aromatic nitrogens is 2. The summed E-state index contributed by atoms with van der Waals surface area (Å²) in [6.45, 7) is 9.66. The zero-order chi connectivity index (χ0) is 16.9. The Labute approximate surface area is 150 Å². The average molecular weight is 338 g/mol. The summed E-state index contributed by atoms with van der Waals surface area (Å²) in [6.07, 6.45) is 9.27. The van der Waals surface area contributed by atoms with Gasteiger partial charge in [-0.1, -0.05) is 6.07 Å². The predicted molar refractivity (Wildman–Crippen MR) is 101 cm³/mol. The van der Waals surface area contributed by atoms with Crippen LogP contribution in [0.2, 0.25) is 0 Å². The van der Waals surface area contributed by atoms with E-state index >= 15 is 0 Å². The van der Waals surface area contributed by atoms with Crippen LogP contribution >= 0.6 is 0 Å². The summed E-state index contributed by atoms with van der Waals surface area (Å²) in [5.74, 6) is 2.13. The number of imidazole rings is 1. The molecule has 1 saturated carbocycles. The molecule has 1 spiro atoms. The first-order chi connectivity index (χ1) is 12.2. The van der Waals surface area contributed by atoms with E-state index in [2.05, 4.69) is 45.5 Å². The van der Waals surface area contributed by atoms with Crippen LogP contribution < -0.4 is 0 Å². The first kappa shape index (κ1) is 15.8. The maximum atomic E-state index is 4.86. The number of aryl methyl sites for hydroxylation is 1. The van der Waals surface area contributed by atoms with Crippen LogP contribution in [0.1, 0.15) is 43.6 Å². The van der Waals surface area contributed by atoms with Gasteiger partial charge in [0.1, 0.15) is 5.82 Å². The lowest BCUT2D eigenvalue weighted by molar-refractivity contribution is 0.0884.